The molecular formula is C12H13NO3S. The first-order chi connectivity index (χ1) is 8.04. The topological polar surface area (TPSA) is 55.4 Å². The van der Waals surface area contributed by atoms with Crippen LogP contribution in [0.3, 0.4) is 0 Å². The van der Waals surface area contributed by atoms with Crippen molar-refractivity contribution in [2.75, 3.05) is 24.7 Å². The highest BCUT2D eigenvalue weighted by molar-refractivity contribution is 7.90. The van der Waals surface area contributed by atoms with E-state index in [1.54, 1.807) is 12.1 Å². The Balaban J connectivity index is 2.50. The average molecular weight is 251 g/mol. The molecule has 17 heavy (non-hydrogen) atoms. The molecule has 2 rings (SSSR count). The van der Waals surface area contributed by atoms with Crippen molar-refractivity contribution in [3.05, 3.63) is 17.7 Å². The molecule has 0 fully saturated rings. The van der Waals surface area contributed by atoms with Gasteiger partial charge < -0.3 is 10.1 Å². The van der Waals surface area contributed by atoms with Crippen LogP contribution < -0.4 is 10.1 Å². The first kappa shape index (κ1) is 11.8. The number of fused-ring (bicyclic) bond motifs is 1. The number of rotatable bonds is 3. The van der Waals surface area contributed by atoms with E-state index in [0.717, 1.165) is 11.3 Å². The summed E-state index contributed by atoms with van der Waals surface area (Å²) in [6.07, 6.45) is 6.99. The Kier molecular flexibility index (Phi) is 2.99. The van der Waals surface area contributed by atoms with E-state index in [1.807, 2.05) is 0 Å². The van der Waals surface area contributed by atoms with E-state index in [2.05, 4.69) is 11.2 Å². The van der Waals surface area contributed by atoms with Gasteiger partial charge >= 0.3 is 0 Å². The third-order valence-electron chi connectivity index (χ3n) is 2.60. The second-order valence-electron chi connectivity index (χ2n) is 3.85. The predicted octanol–water partition coefficient (Wildman–Crippen LogP) is 1.07. The van der Waals surface area contributed by atoms with Crippen LogP contribution in [0.2, 0.25) is 0 Å². The summed E-state index contributed by atoms with van der Waals surface area (Å²) in [5.74, 6) is 3.08. The van der Waals surface area contributed by atoms with Crippen molar-refractivity contribution >= 4 is 15.5 Å². The molecule has 0 spiro atoms. The van der Waals surface area contributed by atoms with Crippen molar-refractivity contribution in [2.24, 2.45) is 0 Å². The van der Waals surface area contributed by atoms with Crippen LogP contribution >= 0.6 is 0 Å². The highest BCUT2D eigenvalue weighted by atomic mass is 32.2. The molecule has 0 aliphatic carbocycles. The Bertz CT molecular complexity index is 585. The number of ether oxygens (including phenoxy) is 1. The van der Waals surface area contributed by atoms with Gasteiger partial charge in [-0.2, -0.15) is 0 Å². The molecule has 1 aliphatic rings. The van der Waals surface area contributed by atoms with Crippen molar-refractivity contribution in [3.63, 3.8) is 0 Å². The summed E-state index contributed by atoms with van der Waals surface area (Å²) in [5, 5.41) is 3.02. The molecule has 0 unspecified atom stereocenters. The van der Waals surface area contributed by atoms with E-state index >= 15 is 0 Å². The Morgan fingerprint density at radius 3 is 2.94 bits per heavy atom. The Morgan fingerprint density at radius 2 is 2.29 bits per heavy atom. The van der Waals surface area contributed by atoms with Gasteiger partial charge in [0.1, 0.15) is 5.75 Å². The molecule has 1 heterocycles. The van der Waals surface area contributed by atoms with E-state index in [4.69, 9.17) is 11.2 Å². The molecule has 0 saturated heterocycles. The van der Waals surface area contributed by atoms with E-state index in [-0.39, 0.29) is 0 Å². The molecule has 4 nitrogen and oxygen atoms in total. The quantitative estimate of drug-likeness (QED) is 0.816. The summed E-state index contributed by atoms with van der Waals surface area (Å²) in [4.78, 5) is 0.344. The van der Waals surface area contributed by atoms with Crippen molar-refractivity contribution in [1.29, 1.82) is 0 Å². The zero-order valence-electron chi connectivity index (χ0n) is 9.49. The number of benzene rings is 1. The van der Waals surface area contributed by atoms with Gasteiger partial charge in [0, 0.05) is 18.2 Å². The lowest BCUT2D eigenvalue weighted by molar-refractivity contribution is 0.358. The summed E-state index contributed by atoms with van der Waals surface area (Å²) >= 11 is 0. The fourth-order valence-corrected chi connectivity index (χ4v) is 2.86. The first-order valence-electron chi connectivity index (χ1n) is 5.20. The molecule has 0 bridgehead atoms. The zero-order valence-corrected chi connectivity index (χ0v) is 10.3. The summed E-state index contributed by atoms with van der Waals surface area (Å²) in [6.45, 7) is 0.890. The fraction of sp³-hybridized carbons (Fsp3) is 0.333. The summed E-state index contributed by atoms with van der Waals surface area (Å²) in [7, 11) is -3.21. The largest absolute Gasteiger partial charge is 0.491 e. The molecule has 0 atom stereocenters. The van der Waals surface area contributed by atoms with Gasteiger partial charge in [-0.3, -0.25) is 0 Å². The van der Waals surface area contributed by atoms with Crippen LogP contribution in [-0.4, -0.2) is 27.8 Å². The Morgan fingerprint density at radius 1 is 1.53 bits per heavy atom. The van der Waals surface area contributed by atoms with Crippen LogP contribution in [0.25, 0.3) is 0 Å². The first-order valence-corrected chi connectivity index (χ1v) is 7.09. The van der Waals surface area contributed by atoms with Gasteiger partial charge in [0.25, 0.3) is 0 Å². The standard InChI is InChI=1S/C12H13NO3S/c1-3-7-13-10-4-5-11(17(2,14)15)9-6-8-16-12(9)10/h1,4-5,13H,6-8H2,2H3. The molecule has 0 saturated carbocycles. The van der Waals surface area contributed by atoms with Gasteiger partial charge in [0.2, 0.25) is 0 Å². The number of hydrogen-bond acceptors (Lipinski definition) is 4. The van der Waals surface area contributed by atoms with E-state index < -0.39 is 9.84 Å². The molecule has 1 aromatic rings. The summed E-state index contributed by atoms with van der Waals surface area (Å²) in [6, 6.07) is 3.29. The summed E-state index contributed by atoms with van der Waals surface area (Å²) in [5.41, 5.74) is 1.50. The van der Waals surface area contributed by atoms with Gasteiger partial charge in [-0.15, -0.1) is 6.42 Å². The molecule has 0 radical (unpaired) electrons. The van der Waals surface area contributed by atoms with Crippen LogP contribution in [0, 0.1) is 12.3 Å². The lowest BCUT2D eigenvalue weighted by Gasteiger charge is -2.11. The lowest BCUT2D eigenvalue weighted by atomic mass is 10.1. The molecule has 1 N–H and O–H groups in total. The van der Waals surface area contributed by atoms with Crippen LogP contribution in [0.5, 0.6) is 5.75 Å². The minimum atomic E-state index is -3.21. The van der Waals surface area contributed by atoms with Gasteiger partial charge in [-0.1, -0.05) is 5.92 Å². The van der Waals surface area contributed by atoms with Gasteiger partial charge in [0.05, 0.1) is 23.7 Å². The number of hydrogen-bond donors (Lipinski definition) is 1. The molecule has 90 valence electrons. The van der Waals surface area contributed by atoms with Crippen molar-refractivity contribution in [2.45, 2.75) is 11.3 Å². The van der Waals surface area contributed by atoms with Crippen LogP contribution in [0.15, 0.2) is 17.0 Å². The number of terminal acetylenes is 1. The average Bonchev–Trinajstić information content (AvgIpc) is 2.72. The van der Waals surface area contributed by atoms with Crippen LogP contribution in [0.4, 0.5) is 5.69 Å². The smallest absolute Gasteiger partial charge is 0.175 e. The maximum Gasteiger partial charge on any atom is 0.175 e. The molecule has 1 aliphatic heterocycles. The van der Waals surface area contributed by atoms with Crippen molar-refractivity contribution < 1.29 is 13.2 Å². The second-order valence-corrected chi connectivity index (χ2v) is 5.83. The van der Waals surface area contributed by atoms with Crippen LogP contribution in [-0.2, 0) is 16.3 Å². The van der Waals surface area contributed by atoms with Crippen LogP contribution in [0.1, 0.15) is 5.56 Å². The zero-order chi connectivity index (χ0) is 12.5. The number of nitrogens with one attached hydrogen (secondary N) is 1. The molecule has 5 heteroatoms. The lowest BCUT2D eigenvalue weighted by Crippen LogP contribution is -2.04. The van der Waals surface area contributed by atoms with Crippen molar-refractivity contribution in [1.82, 2.24) is 0 Å². The minimum Gasteiger partial charge on any atom is -0.491 e. The SMILES string of the molecule is C#CCNc1ccc(S(C)(=O)=O)c2c1OCC2. The van der Waals surface area contributed by atoms with E-state index in [0.29, 0.717) is 30.2 Å². The number of anilines is 1. The monoisotopic (exact) mass is 251 g/mol. The van der Waals surface area contributed by atoms with Gasteiger partial charge in [-0.05, 0) is 12.1 Å². The van der Waals surface area contributed by atoms with Crippen molar-refractivity contribution in [3.8, 4) is 18.1 Å². The molecular weight excluding hydrogens is 238 g/mol. The molecule has 0 aromatic heterocycles. The molecule has 1 aromatic carbocycles. The highest BCUT2D eigenvalue weighted by Crippen LogP contribution is 2.37. The normalized spacial score (nSPS) is 13.6. The predicted molar refractivity (Wildman–Crippen MR) is 66.1 cm³/mol. The fourth-order valence-electron chi connectivity index (χ4n) is 1.90. The maximum absolute atomic E-state index is 11.6. The third kappa shape index (κ3) is 2.22. The Hall–Kier alpha value is -1.67. The highest BCUT2D eigenvalue weighted by Gasteiger charge is 2.24. The van der Waals surface area contributed by atoms with Gasteiger partial charge in [0.15, 0.2) is 9.84 Å². The summed E-state index contributed by atoms with van der Waals surface area (Å²) < 4.78 is 28.7. The Labute approximate surface area is 101 Å². The second kappa shape index (κ2) is 4.30. The molecule has 0 amide bonds. The minimum absolute atomic E-state index is 0.344. The van der Waals surface area contributed by atoms with E-state index in [1.165, 1.54) is 6.26 Å². The van der Waals surface area contributed by atoms with Gasteiger partial charge in [-0.25, -0.2) is 8.42 Å². The van der Waals surface area contributed by atoms with E-state index in [9.17, 15) is 8.42 Å². The number of sulfone groups is 1. The third-order valence-corrected chi connectivity index (χ3v) is 3.78. The maximum atomic E-state index is 11.6.